The summed E-state index contributed by atoms with van der Waals surface area (Å²) in [6.45, 7) is 0. The van der Waals surface area contributed by atoms with Gasteiger partial charge in [-0.1, -0.05) is 48.5 Å². The van der Waals surface area contributed by atoms with E-state index >= 15 is 0 Å². The molecular weight excluding hydrogens is 446 g/mol. The second-order valence-electron chi connectivity index (χ2n) is 5.82. The number of para-hydroxylation sites is 1. The van der Waals surface area contributed by atoms with Crippen LogP contribution in [0.4, 0.5) is 8.78 Å². The van der Waals surface area contributed by atoms with Gasteiger partial charge in [-0.05, 0) is 23.6 Å². The Morgan fingerprint density at radius 2 is 1.40 bits per heavy atom. The summed E-state index contributed by atoms with van der Waals surface area (Å²) >= 11 is 0. The molecule has 0 bridgehead atoms. The van der Waals surface area contributed by atoms with Crippen LogP contribution in [0.5, 0.6) is 11.5 Å². The Hall–Kier alpha value is -3.09. The maximum Gasteiger partial charge on any atom is 0.429 e. The van der Waals surface area contributed by atoms with Crippen molar-refractivity contribution < 1.29 is 43.9 Å². The van der Waals surface area contributed by atoms with Gasteiger partial charge in [0, 0.05) is 5.39 Å². The molecule has 0 aliphatic carbocycles. The zero-order valence-electron chi connectivity index (χ0n) is 14.7. The molecule has 3 aromatic rings. The molecule has 12 heteroatoms. The lowest BCUT2D eigenvalue weighted by atomic mass is 10.1. The number of alkyl halides is 2. The molecule has 0 aliphatic rings. The van der Waals surface area contributed by atoms with Crippen molar-refractivity contribution >= 4 is 37.0 Å². The van der Waals surface area contributed by atoms with Gasteiger partial charge < -0.3 is 13.5 Å². The molecule has 0 aromatic heterocycles. The molecule has 0 fully saturated rings. The van der Waals surface area contributed by atoms with E-state index < -0.39 is 42.1 Å². The van der Waals surface area contributed by atoms with Crippen LogP contribution in [0.1, 0.15) is 0 Å². The minimum atomic E-state index is -6.38. The lowest BCUT2D eigenvalue weighted by Crippen LogP contribution is -2.40. The van der Waals surface area contributed by atoms with E-state index in [1.165, 1.54) is 18.2 Å². The summed E-state index contributed by atoms with van der Waals surface area (Å²) < 4.78 is 93.3. The number of halogens is 2. The minimum absolute atomic E-state index is 0.0818. The van der Waals surface area contributed by atoms with Crippen LogP contribution >= 0.6 is 0 Å². The fourth-order valence-corrected chi connectivity index (χ4v) is 3.75. The SMILES string of the molecule is O=C(Oc1ccccc1S(=O)(=O)Oc1cccc2ccccc12)C(F)(F)S(=O)(=O)[O-]. The Morgan fingerprint density at radius 1 is 0.833 bits per heavy atom. The molecule has 0 atom stereocenters. The number of esters is 1. The van der Waals surface area contributed by atoms with Crippen molar-refractivity contribution in [1.82, 2.24) is 0 Å². The van der Waals surface area contributed by atoms with Crippen LogP contribution in [0.25, 0.3) is 10.8 Å². The molecule has 30 heavy (non-hydrogen) atoms. The first-order valence-corrected chi connectivity index (χ1v) is 10.8. The molecule has 158 valence electrons. The first kappa shape index (κ1) is 21.6. The fourth-order valence-electron chi connectivity index (χ4n) is 2.43. The van der Waals surface area contributed by atoms with Crippen LogP contribution in [0, 0.1) is 0 Å². The van der Waals surface area contributed by atoms with Gasteiger partial charge in [-0.2, -0.15) is 17.2 Å². The first-order valence-electron chi connectivity index (χ1n) is 8.00. The van der Waals surface area contributed by atoms with Gasteiger partial charge in [0.2, 0.25) is 0 Å². The number of rotatable bonds is 6. The summed E-state index contributed by atoms with van der Waals surface area (Å²) in [7, 11) is -11.1. The number of carbonyl (C=O) groups is 1. The summed E-state index contributed by atoms with van der Waals surface area (Å²) in [6, 6.07) is 15.3. The van der Waals surface area contributed by atoms with Gasteiger partial charge in [-0.25, -0.2) is 13.2 Å². The molecule has 0 aliphatic heterocycles. The molecule has 3 aromatic carbocycles. The average Bonchev–Trinajstić information content (AvgIpc) is 2.67. The molecule has 0 unspecified atom stereocenters. The Labute approximate surface area is 169 Å². The maximum absolute atomic E-state index is 13.4. The third-order valence-electron chi connectivity index (χ3n) is 3.82. The number of carbonyl (C=O) groups excluding carboxylic acids is 1. The van der Waals surface area contributed by atoms with Crippen molar-refractivity contribution in [3.8, 4) is 11.5 Å². The molecule has 0 radical (unpaired) electrons. The van der Waals surface area contributed by atoms with Gasteiger partial charge in [-0.3, -0.25) is 0 Å². The van der Waals surface area contributed by atoms with E-state index in [9.17, 15) is 35.0 Å². The molecule has 8 nitrogen and oxygen atoms in total. The van der Waals surface area contributed by atoms with Gasteiger partial charge in [0.05, 0.1) is 0 Å². The Morgan fingerprint density at radius 3 is 2.10 bits per heavy atom. The van der Waals surface area contributed by atoms with Gasteiger partial charge in [-0.15, -0.1) is 0 Å². The molecule has 0 amide bonds. The van der Waals surface area contributed by atoms with E-state index in [1.54, 1.807) is 30.3 Å². The van der Waals surface area contributed by atoms with Crippen LogP contribution in [0.3, 0.4) is 0 Å². The molecule has 3 rings (SSSR count). The van der Waals surface area contributed by atoms with E-state index in [2.05, 4.69) is 4.74 Å². The van der Waals surface area contributed by atoms with Crippen LogP contribution in [-0.4, -0.2) is 32.6 Å². The van der Waals surface area contributed by atoms with Gasteiger partial charge in [0.15, 0.2) is 21.6 Å². The molecular formula is C18H11F2O8S2-. The lowest BCUT2D eigenvalue weighted by molar-refractivity contribution is -0.151. The molecule has 0 heterocycles. The number of benzene rings is 3. The van der Waals surface area contributed by atoms with Crippen molar-refractivity contribution in [2.24, 2.45) is 0 Å². The number of fused-ring (bicyclic) bond motifs is 1. The summed E-state index contributed by atoms with van der Waals surface area (Å²) in [5.41, 5.74) is 0. The minimum Gasteiger partial charge on any atom is -0.743 e. The van der Waals surface area contributed by atoms with Crippen LogP contribution in [0.15, 0.2) is 71.6 Å². The molecule has 0 spiro atoms. The smallest absolute Gasteiger partial charge is 0.429 e. The second-order valence-corrected chi connectivity index (χ2v) is 8.76. The van der Waals surface area contributed by atoms with Crippen molar-refractivity contribution in [2.75, 3.05) is 0 Å². The topological polar surface area (TPSA) is 127 Å². The fraction of sp³-hybridized carbons (Fsp3) is 0.0556. The number of hydrogen-bond acceptors (Lipinski definition) is 8. The van der Waals surface area contributed by atoms with Crippen molar-refractivity contribution in [3.05, 3.63) is 66.7 Å². The highest BCUT2D eigenvalue weighted by Crippen LogP contribution is 2.32. The van der Waals surface area contributed by atoms with Crippen molar-refractivity contribution in [1.29, 1.82) is 0 Å². The second kappa shape index (κ2) is 7.63. The van der Waals surface area contributed by atoms with E-state index in [0.29, 0.717) is 10.8 Å². The number of hydrogen-bond donors (Lipinski definition) is 0. The Kier molecular flexibility index (Phi) is 5.50. The van der Waals surface area contributed by atoms with E-state index in [0.717, 1.165) is 18.2 Å². The van der Waals surface area contributed by atoms with E-state index in [4.69, 9.17) is 4.18 Å². The lowest BCUT2D eigenvalue weighted by Gasteiger charge is -2.19. The normalized spacial score (nSPS) is 12.5. The summed E-state index contributed by atoms with van der Waals surface area (Å²) in [6.07, 6.45) is 0. The van der Waals surface area contributed by atoms with Crippen LogP contribution in [-0.2, 0) is 25.0 Å². The van der Waals surface area contributed by atoms with E-state index in [-0.39, 0.29) is 5.75 Å². The third kappa shape index (κ3) is 4.10. The van der Waals surface area contributed by atoms with Crippen molar-refractivity contribution in [2.45, 2.75) is 10.2 Å². The highest BCUT2D eigenvalue weighted by molar-refractivity contribution is 7.87. The van der Waals surface area contributed by atoms with Gasteiger partial charge in [0.1, 0.15) is 4.90 Å². The predicted molar refractivity (Wildman–Crippen MR) is 98.5 cm³/mol. The standard InChI is InChI=1S/C18H12F2O8S2/c19-18(20,30(24,25)26)17(21)27-15-9-3-4-11-16(15)29(22,23)28-14-10-5-7-12-6-1-2-8-13(12)14/h1-11H,(H,24,25,26)/p-1. The average molecular weight is 457 g/mol. The number of ether oxygens (including phenoxy) is 1. The molecule has 0 saturated carbocycles. The molecule has 0 N–H and O–H groups in total. The van der Waals surface area contributed by atoms with Gasteiger partial charge in [0.25, 0.3) is 0 Å². The summed E-state index contributed by atoms with van der Waals surface area (Å²) in [5, 5.41) is -4.33. The summed E-state index contributed by atoms with van der Waals surface area (Å²) in [4.78, 5) is 10.7. The monoisotopic (exact) mass is 457 g/mol. The highest BCUT2D eigenvalue weighted by Gasteiger charge is 2.49. The first-order chi connectivity index (χ1) is 13.9. The third-order valence-corrected chi connectivity index (χ3v) is 5.89. The highest BCUT2D eigenvalue weighted by atomic mass is 32.2. The zero-order chi connectivity index (χ0) is 22.2. The molecule has 0 saturated heterocycles. The Balaban J connectivity index is 1.99. The zero-order valence-corrected chi connectivity index (χ0v) is 16.3. The van der Waals surface area contributed by atoms with Crippen LogP contribution < -0.4 is 8.92 Å². The Bertz CT molecular complexity index is 1330. The maximum atomic E-state index is 13.4. The largest absolute Gasteiger partial charge is 0.743 e. The van der Waals surface area contributed by atoms with Crippen LogP contribution in [0.2, 0.25) is 0 Å². The predicted octanol–water partition coefficient (Wildman–Crippen LogP) is 2.65. The van der Waals surface area contributed by atoms with Gasteiger partial charge >= 0.3 is 21.3 Å². The summed E-state index contributed by atoms with van der Waals surface area (Å²) in [5.74, 6) is -3.77. The van der Waals surface area contributed by atoms with E-state index in [1.807, 2.05) is 0 Å². The quantitative estimate of drug-likeness (QED) is 0.239. The van der Waals surface area contributed by atoms with Crippen molar-refractivity contribution in [3.63, 3.8) is 0 Å².